The molecule has 2 N–H and O–H groups in total. The van der Waals surface area contributed by atoms with Crippen molar-refractivity contribution in [2.75, 3.05) is 11.9 Å². The van der Waals surface area contributed by atoms with Gasteiger partial charge in [0, 0.05) is 24.7 Å². The van der Waals surface area contributed by atoms with Gasteiger partial charge in [0.15, 0.2) is 0 Å². The van der Waals surface area contributed by atoms with Crippen LogP contribution >= 0.6 is 0 Å². The molecule has 144 valence electrons. The number of hydrogen-bond acceptors (Lipinski definition) is 5. The van der Waals surface area contributed by atoms with Crippen molar-refractivity contribution in [3.8, 4) is 0 Å². The Bertz CT molecular complexity index is 992. The number of amides is 1. The van der Waals surface area contributed by atoms with E-state index in [1.54, 1.807) is 13.0 Å². The molecular weight excluding hydrogens is 377 g/mol. The first-order chi connectivity index (χ1) is 12.6. The number of nitro groups is 1. The van der Waals surface area contributed by atoms with Gasteiger partial charge in [-0.25, -0.2) is 13.1 Å². The van der Waals surface area contributed by atoms with Gasteiger partial charge in [0.25, 0.3) is 0 Å². The van der Waals surface area contributed by atoms with Crippen LogP contribution < -0.4 is 10.0 Å². The fraction of sp³-hybridized carbons (Fsp3) is 0.235. The molecule has 0 aliphatic carbocycles. The van der Waals surface area contributed by atoms with Crippen LogP contribution in [-0.2, 0) is 14.8 Å². The third-order valence-corrected chi connectivity index (χ3v) is 5.32. The van der Waals surface area contributed by atoms with E-state index in [4.69, 9.17) is 0 Å². The number of sulfonamides is 1. The summed E-state index contributed by atoms with van der Waals surface area (Å²) in [4.78, 5) is 21.8. The average Bonchev–Trinajstić information content (AvgIpc) is 2.58. The molecule has 0 heterocycles. The Morgan fingerprint density at radius 2 is 1.85 bits per heavy atom. The molecule has 0 fully saturated rings. The third kappa shape index (κ3) is 5.31. The number of nitro benzene ring substituents is 1. The van der Waals surface area contributed by atoms with Gasteiger partial charge >= 0.3 is 5.69 Å². The van der Waals surface area contributed by atoms with Crippen LogP contribution in [0.2, 0.25) is 0 Å². The highest BCUT2D eigenvalue weighted by Crippen LogP contribution is 2.21. The van der Waals surface area contributed by atoms with Crippen molar-refractivity contribution in [2.45, 2.75) is 25.2 Å². The largest absolute Gasteiger partial charge is 0.326 e. The molecule has 27 heavy (non-hydrogen) atoms. The maximum Gasteiger partial charge on any atom is 0.306 e. The topological polar surface area (TPSA) is 118 Å². The molecule has 0 aliphatic heterocycles. The molecular formula is C17H18FN3O5S. The summed E-state index contributed by atoms with van der Waals surface area (Å²) in [5.74, 6) is -1.59. The van der Waals surface area contributed by atoms with Crippen molar-refractivity contribution in [3.63, 3.8) is 0 Å². The zero-order valence-corrected chi connectivity index (χ0v) is 15.5. The molecule has 10 heteroatoms. The van der Waals surface area contributed by atoms with Crippen molar-refractivity contribution in [1.82, 2.24) is 4.72 Å². The Labute approximate surface area is 155 Å². The lowest BCUT2D eigenvalue weighted by Gasteiger charge is -2.09. The van der Waals surface area contributed by atoms with E-state index in [-0.39, 0.29) is 23.5 Å². The number of halogens is 1. The van der Waals surface area contributed by atoms with Gasteiger partial charge < -0.3 is 5.32 Å². The summed E-state index contributed by atoms with van der Waals surface area (Å²) in [6.07, 6.45) is -0.199. The van der Waals surface area contributed by atoms with E-state index in [0.717, 1.165) is 23.3 Å². The van der Waals surface area contributed by atoms with E-state index in [0.29, 0.717) is 0 Å². The molecule has 0 aliphatic rings. The molecule has 0 atom stereocenters. The Morgan fingerprint density at radius 1 is 1.15 bits per heavy atom. The lowest BCUT2D eigenvalue weighted by molar-refractivity contribution is -0.387. The lowest BCUT2D eigenvalue weighted by Crippen LogP contribution is -2.28. The molecule has 2 aromatic rings. The van der Waals surface area contributed by atoms with Gasteiger partial charge in [-0.1, -0.05) is 6.07 Å². The summed E-state index contributed by atoms with van der Waals surface area (Å²) in [6.45, 7) is 3.50. The number of nitrogens with zero attached hydrogens (tertiary/aromatic N) is 1. The zero-order valence-electron chi connectivity index (χ0n) is 14.7. The van der Waals surface area contributed by atoms with Crippen LogP contribution in [0.4, 0.5) is 15.8 Å². The first-order valence-corrected chi connectivity index (χ1v) is 9.39. The molecule has 0 spiro atoms. The van der Waals surface area contributed by atoms with Gasteiger partial charge in [0.2, 0.25) is 21.7 Å². The van der Waals surface area contributed by atoms with Crippen LogP contribution in [0, 0.1) is 29.8 Å². The minimum Gasteiger partial charge on any atom is -0.326 e. The highest BCUT2D eigenvalue weighted by molar-refractivity contribution is 7.89. The fourth-order valence-electron chi connectivity index (χ4n) is 2.22. The predicted octanol–water partition coefficient (Wildman–Crippen LogP) is 2.66. The third-order valence-electron chi connectivity index (χ3n) is 3.86. The second-order valence-corrected chi connectivity index (χ2v) is 7.63. The number of carbonyl (C=O) groups is 1. The Morgan fingerprint density at radius 3 is 2.48 bits per heavy atom. The highest BCUT2D eigenvalue weighted by Gasteiger charge is 2.17. The smallest absolute Gasteiger partial charge is 0.306 e. The molecule has 0 saturated carbocycles. The number of nitrogens with one attached hydrogen (secondary N) is 2. The number of rotatable bonds is 7. The minimum atomic E-state index is -3.76. The summed E-state index contributed by atoms with van der Waals surface area (Å²) >= 11 is 0. The molecule has 0 bridgehead atoms. The average molecular weight is 395 g/mol. The summed E-state index contributed by atoms with van der Waals surface area (Å²) in [5, 5.41) is 13.1. The summed E-state index contributed by atoms with van der Waals surface area (Å²) < 4.78 is 40.1. The highest BCUT2D eigenvalue weighted by atomic mass is 32.2. The van der Waals surface area contributed by atoms with Gasteiger partial charge in [-0.3, -0.25) is 14.9 Å². The van der Waals surface area contributed by atoms with E-state index < -0.39 is 32.4 Å². The van der Waals surface area contributed by atoms with Crippen LogP contribution in [-0.4, -0.2) is 25.8 Å². The van der Waals surface area contributed by atoms with E-state index in [1.165, 1.54) is 18.2 Å². The number of benzene rings is 2. The monoisotopic (exact) mass is 395 g/mol. The van der Waals surface area contributed by atoms with E-state index in [9.17, 15) is 27.7 Å². The minimum absolute atomic E-state index is 0.0464. The Kier molecular flexibility index (Phi) is 6.24. The number of carbonyl (C=O) groups excluding carboxylic acids is 1. The predicted molar refractivity (Wildman–Crippen MR) is 97.4 cm³/mol. The van der Waals surface area contributed by atoms with Crippen molar-refractivity contribution < 1.29 is 22.5 Å². The molecule has 1 amide bonds. The van der Waals surface area contributed by atoms with Gasteiger partial charge in [0.05, 0.1) is 9.82 Å². The summed E-state index contributed by atoms with van der Waals surface area (Å²) in [5.41, 5.74) is 1.07. The molecule has 2 aromatic carbocycles. The van der Waals surface area contributed by atoms with Crippen LogP contribution in [0.1, 0.15) is 17.5 Å². The van der Waals surface area contributed by atoms with Gasteiger partial charge in [-0.2, -0.15) is 4.39 Å². The molecule has 0 saturated heterocycles. The van der Waals surface area contributed by atoms with E-state index in [1.807, 2.05) is 6.92 Å². The number of hydrogen-bond donors (Lipinski definition) is 2. The summed E-state index contributed by atoms with van der Waals surface area (Å²) in [6, 6.07) is 7.65. The van der Waals surface area contributed by atoms with Crippen LogP contribution in [0.5, 0.6) is 0 Å². The molecule has 0 aromatic heterocycles. The Balaban J connectivity index is 1.95. The first-order valence-electron chi connectivity index (χ1n) is 7.91. The quantitative estimate of drug-likeness (QED) is 0.552. The summed E-state index contributed by atoms with van der Waals surface area (Å²) in [7, 11) is -3.76. The maximum atomic E-state index is 13.3. The van der Waals surface area contributed by atoms with Gasteiger partial charge in [-0.05, 0) is 49.2 Å². The van der Waals surface area contributed by atoms with Gasteiger partial charge in [-0.15, -0.1) is 0 Å². The van der Waals surface area contributed by atoms with Crippen molar-refractivity contribution in [3.05, 3.63) is 63.5 Å². The standard InChI is InChI=1S/C17H18FN3O5S/c1-11-3-5-14(9-12(11)2)27(25,26)19-8-7-17(22)20-13-4-6-15(18)16(10-13)21(23)24/h3-6,9-10,19H,7-8H2,1-2H3,(H,20,22). The molecule has 8 nitrogen and oxygen atoms in total. The van der Waals surface area contributed by atoms with E-state index in [2.05, 4.69) is 10.0 Å². The second kappa shape index (κ2) is 8.23. The normalized spacial score (nSPS) is 11.2. The first kappa shape index (κ1) is 20.5. The number of aryl methyl sites for hydroxylation is 2. The maximum absolute atomic E-state index is 13.3. The molecule has 2 rings (SSSR count). The zero-order chi connectivity index (χ0) is 20.2. The van der Waals surface area contributed by atoms with Crippen molar-refractivity contribution in [1.29, 1.82) is 0 Å². The molecule has 0 unspecified atom stereocenters. The lowest BCUT2D eigenvalue weighted by atomic mass is 10.1. The number of anilines is 1. The van der Waals surface area contributed by atoms with Gasteiger partial charge in [0.1, 0.15) is 0 Å². The molecule has 0 radical (unpaired) electrons. The van der Waals surface area contributed by atoms with Crippen molar-refractivity contribution >= 4 is 27.3 Å². The Hall–Kier alpha value is -2.85. The van der Waals surface area contributed by atoms with Crippen LogP contribution in [0.15, 0.2) is 41.3 Å². The van der Waals surface area contributed by atoms with Crippen molar-refractivity contribution in [2.24, 2.45) is 0 Å². The van der Waals surface area contributed by atoms with Crippen LogP contribution in [0.25, 0.3) is 0 Å². The van der Waals surface area contributed by atoms with E-state index >= 15 is 0 Å². The SMILES string of the molecule is Cc1ccc(S(=O)(=O)NCCC(=O)Nc2ccc(F)c([N+](=O)[O-])c2)cc1C. The second-order valence-electron chi connectivity index (χ2n) is 5.87. The van der Waals surface area contributed by atoms with Crippen LogP contribution in [0.3, 0.4) is 0 Å². The fourth-order valence-corrected chi connectivity index (χ4v) is 3.33.